The molecule has 0 radical (unpaired) electrons. The zero-order valence-corrected chi connectivity index (χ0v) is 8.06. The van der Waals surface area contributed by atoms with Crippen LogP contribution in [0.2, 0.25) is 0 Å². The van der Waals surface area contributed by atoms with Crippen LogP contribution in [-0.2, 0) is 0 Å². The Labute approximate surface area is 70.4 Å². The summed E-state index contributed by atoms with van der Waals surface area (Å²) in [5.41, 5.74) is 0.586. The number of rotatable bonds is 0. The lowest BCUT2D eigenvalue weighted by atomic mass is 9.75. The average molecular weight is 152 g/mol. The minimum absolute atomic E-state index is 0.586. The molecule has 0 heterocycles. The van der Waals surface area contributed by atoms with Crippen molar-refractivity contribution in [2.45, 2.75) is 46.5 Å². The summed E-state index contributed by atoms with van der Waals surface area (Å²) >= 11 is 0. The molecule has 64 valence electrons. The van der Waals surface area contributed by atoms with Crippen molar-refractivity contribution < 1.29 is 0 Å². The van der Waals surface area contributed by atoms with Crippen LogP contribution in [0, 0.1) is 23.2 Å². The van der Waals surface area contributed by atoms with Crippen molar-refractivity contribution in [2.75, 3.05) is 0 Å². The molecule has 0 N–H and O–H groups in total. The van der Waals surface area contributed by atoms with Crippen LogP contribution < -0.4 is 0 Å². The van der Waals surface area contributed by atoms with Gasteiger partial charge in [0.05, 0.1) is 0 Å². The van der Waals surface area contributed by atoms with Gasteiger partial charge >= 0.3 is 0 Å². The minimum Gasteiger partial charge on any atom is -0.0599 e. The average Bonchev–Trinajstić information content (AvgIpc) is 2.40. The molecule has 0 spiro atoms. The lowest BCUT2D eigenvalue weighted by Crippen LogP contribution is -2.24. The number of hydrogen-bond acceptors (Lipinski definition) is 0. The summed E-state index contributed by atoms with van der Waals surface area (Å²) in [7, 11) is 0. The summed E-state index contributed by atoms with van der Waals surface area (Å²) in [6.07, 6.45) is 6.14. The fraction of sp³-hybridized carbons (Fsp3) is 1.00. The second-order valence-electron chi connectivity index (χ2n) is 5.57. The van der Waals surface area contributed by atoms with Gasteiger partial charge in [0.1, 0.15) is 0 Å². The molecule has 0 aromatic carbocycles. The Hall–Kier alpha value is 0. The van der Waals surface area contributed by atoms with Crippen LogP contribution in [0.5, 0.6) is 0 Å². The molecule has 2 rings (SSSR count). The van der Waals surface area contributed by atoms with E-state index in [1.54, 1.807) is 0 Å². The molecule has 2 fully saturated rings. The van der Waals surface area contributed by atoms with Crippen LogP contribution in [0.1, 0.15) is 46.5 Å². The third-order valence-corrected chi connectivity index (χ3v) is 3.83. The Morgan fingerprint density at radius 1 is 0.818 bits per heavy atom. The van der Waals surface area contributed by atoms with E-state index >= 15 is 0 Å². The molecular weight excluding hydrogens is 132 g/mol. The van der Waals surface area contributed by atoms with E-state index in [1.807, 2.05) is 0 Å². The van der Waals surface area contributed by atoms with E-state index in [0.717, 1.165) is 17.8 Å². The zero-order chi connectivity index (χ0) is 8.06. The molecule has 11 heavy (non-hydrogen) atoms. The fourth-order valence-corrected chi connectivity index (χ4v) is 3.66. The maximum atomic E-state index is 2.42. The first kappa shape index (κ1) is 7.64. The Bertz CT molecular complexity index is 132. The molecular formula is C11H20. The van der Waals surface area contributed by atoms with Crippen molar-refractivity contribution in [2.24, 2.45) is 23.2 Å². The summed E-state index contributed by atoms with van der Waals surface area (Å²) in [6.45, 7) is 7.27. The molecule has 2 aliphatic carbocycles. The standard InChI is InChI=1S/C11H20/c1-11(2,3)10-8-4-5-9(10)7-6-8/h8-10H,4-7H2,1-3H3. The molecule has 2 bridgehead atoms. The van der Waals surface area contributed by atoms with Gasteiger partial charge in [0.15, 0.2) is 0 Å². The van der Waals surface area contributed by atoms with Crippen molar-refractivity contribution in [3.63, 3.8) is 0 Å². The third kappa shape index (κ3) is 1.11. The largest absolute Gasteiger partial charge is 0.0599 e. The van der Waals surface area contributed by atoms with Crippen LogP contribution in [0.4, 0.5) is 0 Å². The van der Waals surface area contributed by atoms with Crippen LogP contribution in [0.25, 0.3) is 0 Å². The summed E-state index contributed by atoms with van der Waals surface area (Å²) < 4.78 is 0. The molecule has 0 atom stereocenters. The van der Waals surface area contributed by atoms with Crippen molar-refractivity contribution in [3.8, 4) is 0 Å². The van der Waals surface area contributed by atoms with E-state index in [4.69, 9.17) is 0 Å². The maximum Gasteiger partial charge on any atom is -0.0309 e. The van der Waals surface area contributed by atoms with Gasteiger partial charge in [-0.05, 0) is 48.9 Å². The lowest BCUT2D eigenvalue weighted by Gasteiger charge is -2.31. The Balaban J connectivity index is 2.16. The smallest absolute Gasteiger partial charge is 0.0309 e. The van der Waals surface area contributed by atoms with E-state index in [2.05, 4.69) is 20.8 Å². The van der Waals surface area contributed by atoms with Crippen LogP contribution in [0.3, 0.4) is 0 Å². The molecule has 2 saturated carbocycles. The highest BCUT2D eigenvalue weighted by molar-refractivity contribution is 4.96. The van der Waals surface area contributed by atoms with Crippen molar-refractivity contribution in [1.29, 1.82) is 0 Å². The second kappa shape index (κ2) is 2.24. The van der Waals surface area contributed by atoms with Crippen LogP contribution in [0.15, 0.2) is 0 Å². The molecule has 0 aromatic rings. The molecule has 0 aromatic heterocycles. The Kier molecular flexibility index (Phi) is 1.56. The van der Waals surface area contributed by atoms with Crippen molar-refractivity contribution >= 4 is 0 Å². The van der Waals surface area contributed by atoms with Gasteiger partial charge in [0.2, 0.25) is 0 Å². The normalized spacial score (nSPS) is 43.4. The summed E-state index contributed by atoms with van der Waals surface area (Å²) in [5, 5.41) is 0. The van der Waals surface area contributed by atoms with Gasteiger partial charge < -0.3 is 0 Å². The SMILES string of the molecule is CC(C)(C)C1C2CCC1CC2. The van der Waals surface area contributed by atoms with Crippen LogP contribution >= 0.6 is 0 Å². The highest BCUT2D eigenvalue weighted by Crippen LogP contribution is 2.55. The number of fused-ring (bicyclic) bond motifs is 2. The topological polar surface area (TPSA) is 0 Å². The quantitative estimate of drug-likeness (QED) is 0.498. The van der Waals surface area contributed by atoms with Gasteiger partial charge in [0, 0.05) is 0 Å². The van der Waals surface area contributed by atoms with Crippen LogP contribution in [-0.4, -0.2) is 0 Å². The first-order valence-corrected chi connectivity index (χ1v) is 5.09. The predicted octanol–water partition coefficient (Wildman–Crippen LogP) is 3.47. The predicted molar refractivity (Wildman–Crippen MR) is 48.4 cm³/mol. The second-order valence-corrected chi connectivity index (χ2v) is 5.57. The summed E-state index contributed by atoms with van der Waals surface area (Å²) in [6, 6.07) is 0. The van der Waals surface area contributed by atoms with Crippen molar-refractivity contribution in [1.82, 2.24) is 0 Å². The van der Waals surface area contributed by atoms with Gasteiger partial charge in [-0.3, -0.25) is 0 Å². The highest BCUT2D eigenvalue weighted by Gasteiger charge is 2.46. The first-order chi connectivity index (χ1) is 5.09. The Morgan fingerprint density at radius 2 is 1.18 bits per heavy atom. The molecule has 0 saturated heterocycles. The summed E-state index contributed by atoms with van der Waals surface area (Å²) in [5.74, 6) is 3.25. The zero-order valence-electron chi connectivity index (χ0n) is 8.06. The highest BCUT2D eigenvalue weighted by atomic mass is 14.5. The van der Waals surface area contributed by atoms with Gasteiger partial charge in [-0.1, -0.05) is 20.8 Å². The van der Waals surface area contributed by atoms with E-state index in [1.165, 1.54) is 25.7 Å². The molecule has 0 aliphatic heterocycles. The third-order valence-electron chi connectivity index (χ3n) is 3.83. The van der Waals surface area contributed by atoms with Gasteiger partial charge in [0.25, 0.3) is 0 Å². The fourth-order valence-electron chi connectivity index (χ4n) is 3.66. The molecule has 0 amide bonds. The summed E-state index contributed by atoms with van der Waals surface area (Å²) in [4.78, 5) is 0. The van der Waals surface area contributed by atoms with Gasteiger partial charge in [-0.2, -0.15) is 0 Å². The maximum absolute atomic E-state index is 2.42. The van der Waals surface area contributed by atoms with E-state index in [0.29, 0.717) is 5.41 Å². The molecule has 0 heteroatoms. The van der Waals surface area contributed by atoms with E-state index in [9.17, 15) is 0 Å². The Morgan fingerprint density at radius 3 is 1.36 bits per heavy atom. The van der Waals surface area contributed by atoms with Crippen molar-refractivity contribution in [3.05, 3.63) is 0 Å². The van der Waals surface area contributed by atoms with Gasteiger partial charge in [-0.25, -0.2) is 0 Å². The van der Waals surface area contributed by atoms with E-state index in [-0.39, 0.29) is 0 Å². The molecule has 0 nitrogen and oxygen atoms in total. The molecule has 0 unspecified atom stereocenters. The molecule has 2 aliphatic rings. The lowest BCUT2D eigenvalue weighted by molar-refractivity contribution is 0.182. The van der Waals surface area contributed by atoms with E-state index < -0.39 is 0 Å². The number of hydrogen-bond donors (Lipinski definition) is 0. The monoisotopic (exact) mass is 152 g/mol. The first-order valence-electron chi connectivity index (χ1n) is 5.09. The minimum atomic E-state index is 0.586. The van der Waals surface area contributed by atoms with Gasteiger partial charge in [-0.15, -0.1) is 0 Å².